The van der Waals surface area contributed by atoms with Crippen LogP contribution in [0.5, 0.6) is 0 Å². The van der Waals surface area contributed by atoms with Crippen molar-refractivity contribution in [2.24, 2.45) is 0 Å². The van der Waals surface area contributed by atoms with Gasteiger partial charge in [0.15, 0.2) is 17.6 Å². The van der Waals surface area contributed by atoms with E-state index < -0.39 is 5.97 Å². The number of nitrogens with zero attached hydrogens (tertiary/aromatic N) is 4. The quantitative estimate of drug-likeness (QED) is 0.285. The van der Waals surface area contributed by atoms with Crippen LogP contribution in [0.1, 0.15) is 5.56 Å². The molecule has 3 aromatic carbocycles. The van der Waals surface area contributed by atoms with Crippen LogP contribution in [0.25, 0.3) is 17.1 Å². The van der Waals surface area contributed by atoms with Crippen molar-refractivity contribution < 1.29 is 18.7 Å². The van der Waals surface area contributed by atoms with E-state index >= 15 is 0 Å². The number of anilines is 1. The maximum Gasteiger partial charge on any atom is 0.316 e. The largest absolute Gasteiger partial charge is 0.455 e. The minimum atomic E-state index is -0.526. The molecule has 4 aromatic rings. The first kappa shape index (κ1) is 22.8. The zero-order chi connectivity index (χ0) is 24.2. The Bertz CT molecular complexity index is 1360. The molecule has 176 valence electrons. The number of halogens is 1. The van der Waals surface area contributed by atoms with Crippen molar-refractivity contribution in [1.82, 2.24) is 14.8 Å². The molecule has 0 atom stereocenters. The lowest BCUT2D eigenvalue weighted by molar-refractivity contribution is -0.145. The van der Waals surface area contributed by atoms with Crippen molar-refractivity contribution in [3.05, 3.63) is 90.2 Å². The van der Waals surface area contributed by atoms with Gasteiger partial charge in [0, 0.05) is 23.5 Å². The Labute approximate surface area is 205 Å². The molecule has 0 spiro atoms. The van der Waals surface area contributed by atoms with Gasteiger partial charge >= 0.3 is 5.97 Å². The molecule has 1 aliphatic rings. The van der Waals surface area contributed by atoms with Crippen molar-refractivity contribution in [2.75, 3.05) is 23.8 Å². The predicted octanol–water partition coefficient (Wildman–Crippen LogP) is 4.30. The SMILES string of the molecule is O=C(CSc1nnc(-c2ccc(F)cc2)n1-c1ccccc1)OCC(=O)N1CCc2ccccc21. The van der Waals surface area contributed by atoms with E-state index in [1.54, 1.807) is 21.6 Å². The number of rotatable bonds is 7. The Hall–Kier alpha value is -3.98. The first-order chi connectivity index (χ1) is 17.1. The molecule has 5 rings (SSSR count). The van der Waals surface area contributed by atoms with E-state index in [2.05, 4.69) is 10.2 Å². The average molecular weight is 489 g/mol. The van der Waals surface area contributed by atoms with Crippen LogP contribution in [0.2, 0.25) is 0 Å². The molecule has 0 N–H and O–H groups in total. The standard InChI is InChI=1S/C26H21FN4O3S/c27-20-12-10-19(11-13-20)25-28-29-26(31(25)21-7-2-1-3-8-21)35-17-24(33)34-16-23(32)30-15-14-18-6-4-5-9-22(18)30/h1-13H,14-17H2. The number of ether oxygens (including phenoxy) is 1. The lowest BCUT2D eigenvalue weighted by Crippen LogP contribution is -2.33. The number of thioether (sulfide) groups is 1. The Morgan fingerprint density at radius 2 is 1.69 bits per heavy atom. The van der Waals surface area contributed by atoms with Crippen molar-refractivity contribution in [2.45, 2.75) is 11.6 Å². The highest BCUT2D eigenvalue weighted by Crippen LogP contribution is 2.29. The van der Waals surface area contributed by atoms with Crippen molar-refractivity contribution in [3.8, 4) is 17.1 Å². The second-order valence-corrected chi connectivity index (χ2v) is 8.80. The predicted molar refractivity (Wildman–Crippen MR) is 131 cm³/mol. The molecular formula is C26H21FN4O3S. The third kappa shape index (κ3) is 4.95. The van der Waals surface area contributed by atoms with Gasteiger partial charge in [0.1, 0.15) is 5.82 Å². The summed E-state index contributed by atoms with van der Waals surface area (Å²) in [4.78, 5) is 26.7. The molecule has 0 aliphatic carbocycles. The van der Waals surface area contributed by atoms with E-state index in [1.165, 1.54) is 12.1 Å². The van der Waals surface area contributed by atoms with Crippen LogP contribution in [-0.4, -0.2) is 45.5 Å². The van der Waals surface area contributed by atoms with Gasteiger partial charge in [-0.05, 0) is 54.4 Å². The normalized spacial score (nSPS) is 12.4. The van der Waals surface area contributed by atoms with E-state index in [-0.39, 0.29) is 24.1 Å². The number of benzene rings is 3. The van der Waals surface area contributed by atoms with Crippen molar-refractivity contribution in [3.63, 3.8) is 0 Å². The lowest BCUT2D eigenvalue weighted by Gasteiger charge is -2.17. The van der Waals surface area contributed by atoms with Gasteiger partial charge in [0.25, 0.3) is 5.91 Å². The van der Waals surface area contributed by atoms with Crippen LogP contribution in [0, 0.1) is 5.82 Å². The molecule has 7 nitrogen and oxygen atoms in total. The minimum absolute atomic E-state index is 0.0434. The molecule has 1 amide bonds. The van der Waals surface area contributed by atoms with E-state index in [0.29, 0.717) is 23.1 Å². The molecule has 0 bridgehead atoms. The molecular weight excluding hydrogens is 467 g/mol. The topological polar surface area (TPSA) is 77.3 Å². The number of esters is 1. The van der Waals surface area contributed by atoms with E-state index in [9.17, 15) is 14.0 Å². The number of amides is 1. The highest BCUT2D eigenvalue weighted by molar-refractivity contribution is 7.99. The monoisotopic (exact) mass is 488 g/mol. The summed E-state index contributed by atoms with van der Waals surface area (Å²) in [6.45, 7) is 0.261. The molecule has 1 aliphatic heterocycles. The summed E-state index contributed by atoms with van der Waals surface area (Å²) in [6.07, 6.45) is 0.789. The van der Waals surface area contributed by atoms with Crippen molar-refractivity contribution >= 4 is 29.3 Å². The number of para-hydroxylation sites is 2. The summed E-state index contributed by atoms with van der Waals surface area (Å²) < 4.78 is 20.5. The molecule has 9 heteroatoms. The number of fused-ring (bicyclic) bond motifs is 1. The van der Waals surface area contributed by atoms with Gasteiger partial charge in [-0.25, -0.2) is 4.39 Å². The van der Waals surface area contributed by atoms with Gasteiger partial charge in [-0.1, -0.05) is 48.2 Å². The maximum atomic E-state index is 13.4. The van der Waals surface area contributed by atoms with Crippen LogP contribution in [0.15, 0.2) is 84.0 Å². The van der Waals surface area contributed by atoms with Crippen LogP contribution >= 0.6 is 11.8 Å². The summed E-state index contributed by atoms with van der Waals surface area (Å²) in [7, 11) is 0. The Kier molecular flexibility index (Phi) is 6.58. The van der Waals surface area contributed by atoms with Gasteiger partial charge in [-0.3, -0.25) is 14.2 Å². The fourth-order valence-electron chi connectivity index (χ4n) is 3.94. The first-order valence-corrected chi connectivity index (χ1v) is 12.0. The molecule has 0 unspecified atom stereocenters. The van der Waals surface area contributed by atoms with Gasteiger partial charge in [-0.2, -0.15) is 0 Å². The van der Waals surface area contributed by atoms with E-state index in [4.69, 9.17) is 4.74 Å². The van der Waals surface area contributed by atoms with Crippen LogP contribution in [0.3, 0.4) is 0 Å². The van der Waals surface area contributed by atoms with Crippen LogP contribution < -0.4 is 4.90 Å². The van der Waals surface area contributed by atoms with E-state index in [1.807, 2.05) is 54.6 Å². The van der Waals surface area contributed by atoms with Crippen molar-refractivity contribution in [1.29, 1.82) is 0 Å². The number of carbonyl (C=O) groups excluding carboxylic acids is 2. The Balaban J connectivity index is 1.26. The minimum Gasteiger partial charge on any atom is -0.455 e. The summed E-state index contributed by atoms with van der Waals surface area (Å²) in [6, 6.07) is 23.1. The molecule has 1 aromatic heterocycles. The zero-order valence-corrected chi connectivity index (χ0v) is 19.5. The molecule has 0 radical (unpaired) electrons. The number of hydrogen-bond donors (Lipinski definition) is 0. The number of hydrogen-bond acceptors (Lipinski definition) is 6. The van der Waals surface area contributed by atoms with Crippen LogP contribution in [-0.2, 0) is 20.7 Å². The van der Waals surface area contributed by atoms with Gasteiger partial charge in [-0.15, -0.1) is 10.2 Å². The second kappa shape index (κ2) is 10.1. The van der Waals surface area contributed by atoms with Gasteiger partial charge in [0.2, 0.25) is 0 Å². The third-order valence-corrected chi connectivity index (χ3v) is 6.52. The summed E-state index contributed by atoms with van der Waals surface area (Å²) in [5, 5.41) is 9.00. The molecule has 2 heterocycles. The maximum absolute atomic E-state index is 13.4. The smallest absolute Gasteiger partial charge is 0.316 e. The van der Waals surface area contributed by atoms with Gasteiger partial charge in [0.05, 0.1) is 5.75 Å². The Morgan fingerprint density at radius 3 is 2.49 bits per heavy atom. The highest BCUT2D eigenvalue weighted by Gasteiger charge is 2.25. The Morgan fingerprint density at radius 1 is 0.943 bits per heavy atom. The molecule has 0 saturated carbocycles. The summed E-state index contributed by atoms with van der Waals surface area (Å²) in [5.74, 6) is -0.641. The zero-order valence-electron chi connectivity index (χ0n) is 18.6. The number of carbonyl (C=O) groups is 2. The first-order valence-electron chi connectivity index (χ1n) is 11.0. The highest BCUT2D eigenvalue weighted by atomic mass is 32.2. The summed E-state index contributed by atoms with van der Waals surface area (Å²) >= 11 is 1.16. The van der Waals surface area contributed by atoms with E-state index in [0.717, 1.165) is 35.1 Å². The number of aromatic nitrogens is 3. The molecule has 35 heavy (non-hydrogen) atoms. The van der Waals surface area contributed by atoms with Gasteiger partial charge < -0.3 is 9.64 Å². The fourth-order valence-corrected chi connectivity index (χ4v) is 4.69. The fraction of sp³-hybridized carbons (Fsp3) is 0.154. The molecule has 0 saturated heterocycles. The average Bonchev–Trinajstić information content (AvgIpc) is 3.52. The molecule has 0 fully saturated rings. The lowest BCUT2D eigenvalue weighted by atomic mass is 10.2. The van der Waals surface area contributed by atoms with Crippen LogP contribution in [0.4, 0.5) is 10.1 Å². The summed E-state index contributed by atoms with van der Waals surface area (Å²) in [5.41, 5.74) is 3.47. The second-order valence-electron chi connectivity index (χ2n) is 7.86. The third-order valence-electron chi connectivity index (χ3n) is 5.61.